The van der Waals surface area contributed by atoms with Gasteiger partial charge in [0.25, 0.3) is 0 Å². The Kier molecular flexibility index (Phi) is 6.12. The molecule has 1 aliphatic carbocycles. The van der Waals surface area contributed by atoms with Gasteiger partial charge in [0.2, 0.25) is 0 Å². The molecule has 2 amide bonds. The van der Waals surface area contributed by atoms with Crippen molar-refractivity contribution in [1.82, 2.24) is 15.5 Å². The highest BCUT2D eigenvalue weighted by atomic mass is 16.2. The van der Waals surface area contributed by atoms with E-state index in [0.717, 1.165) is 25.8 Å². The lowest BCUT2D eigenvalue weighted by Gasteiger charge is -2.29. The lowest BCUT2D eigenvalue weighted by Crippen LogP contribution is -2.48. The fourth-order valence-corrected chi connectivity index (χ4v) is 2.24. The summed E-state index contributed by atoms with van der Waals surface area (Å²) in [5, 5.41) is 5.47. The Morgan fingerprint density at radius 2 is 1.83 bits per heavy atom. The van der Waals surface area contributed by atoms with Crippen molar-refractivity contribution in [3.8, 4) is 0 Å². The van der Waals surface area contributed by atoms with Crippen LogP contribution < -0.4 is 10.6 Å². The lowest BCUT2D eigenvalue weighted by molar-refractivity contribution is -0.140. The highest BCUT2D eigenvalue weighted by molar-refractivity contribution is 6.35. The zero-order valence-corrected chi connectivity index (χ0v) is 11.7. The van der Waals surface area contributed by atoms with Crippen molar-refractivity contribution in [3.63, 3.8) is 0 Å². The van der Waals surface area contributed by atoms with Crippen LogP contribution >= 0.6 is 0 Å². The standard InChI is InChI=1S/C13H25N3O2/c1-10-6-4-5-7-11(10)15-13(18)12(17)14-8-9-16(2)3/h10-11H,4-9H2,1-3H3,(H,14,17)(H,15,18). The van der Waals surface area contributed by atoms with Gasteiger partial charge in [0.05, 0.1) is 0 Å². The van der Waals surface area contributed by atoms with Gasteiger partial charge in [-0.2, -0.15) is 0 Å². The third-order valence-corrected chi connectivity index (χ3v) is 3.48. The number of rotatable bonds is 4. The molecule has 2 atom stereocenters. The molecule has 0 heterocycles. The number of nitrogens with zero attached hydrogens (tertiary/aromatic N) is 1. The molecule has 0 saturated heterocycles. The second-order valence-electron chi connectivity index (χ2n) is 5.40. The fourth-order valence-electron chi connectivity index (χ4n) is 2.24. The number of likely N-dealkylation sites (N-methyl/N-ethyl adjacent to an activating group) is 1. The minimum Gasteiger partial charge on any atom is -0.347 e. The van der Waals surface area contributed by atoms with Crippen molar-refractivity contribution in [3.05, 3.63) is 0 Å². The number of carbonyl (C=O) groups excluding carboxylic acids is 2. The number of amides is 2. The van der Waals surface area contributed by atoms with E-state index in [4.69, 9.17) is 0 Å². The van der Waals surface area contributed by atoms with Gasteiger partial charge in [0.15, 0.2) is 0 Å². The molecule has 1 rings (SSSR count). The van der Waals surface area contributed by atoms with Gasteiger partial charge in [0.1, 0.15) is 0 Å². The predicted octanol–water partition coefficient (Wildman–Crippen LogP) is 0.359. The molecular formula is C13H25N3O2. The summed E-state index contributed by atoms with van der Waals surface area (Å²) in [5.74, 6) is -0.542. The average Bonchev–Trinajstić information content (AvgIpc) is 2.31. The minimum absolute atomic E-state index is 0.158. The van der Waals surface area contributed by atoms with Crippen LogP contribution in [-0.4, -0.2) is 49.9 Å². The topological polar surface area (TPSA) is 61.4 Å². The zero-order valence-electron chi connectivity index (χ0n) is 11.7. The van der Waals surface area contributed by atoms with Gasteiger partial charge in [-0.1, -0.05) is 19.8 Å². The molecule has 2 N–H and O–H groups in total. The van der Waals surface area contributed by atoms with Gasteiger partial charge >= 0.3 is 11.8 Å². The highest BCUT2D eigenvalue weighted by Gasteiger charge is 2.25. The van der Waals surface area contributed by atoms with Crippen LogP contribution in [0.2, 0.25) is 0 Å². The summed E-state index contributed by atoms with van der Waals surface area (Å²) in [6.07, 6.45) is 4.48. The Morgan fingerprint density at radius 1 is 1.17 bits per heavy atom. The summed E-state index contributed by atoms with van der Waals surface area (Å²) < 4.78 is 0. The van der Waals surface area contributed by atoms with Crippen molar-refractivity contribution >= 4 is 11.8 Å². The molecule has 0 radical (unpaired) electrons. The monoisotopic (exact) mass is 255 g/mol. The Balaban J connectivity index is 2.28. The van der Waals surface area contributed by atoms with E-state index in [2.05, 4.69) is 17.6 Å². The van der Waals surface area contributed by atoms with Gasteiger partial charge in [0, 0.05) is 19.1 Å². The Bertz CT molecular complexity index is 292. The van der Waals surface area contributed by atoms with Crippen LogP contribution in [0.5, 0.6) is 0 Å². The Morgan fingerprint density at radius 3 is 2.44 bits per heavy atom. The van der Waals surface area contributed by atoms with Crippen LogP contribution in [0.15, 0.2) is 0 Å². The van der Waals surface area contributed by atoms with Gasteiger partial charge in [-0.3, -0.25) is 9.59 Å². The van der Waals surface area contributed by atoms with Crippen molar-refractivity contribution in [2.24, 2.45) is 5.92 Å². The number of carbonyl (C=O) groups is 2. The molecule has 0 aromatic carbocycles. The van der Waals surface area contributed by atoms with E-state index in [1.54, 1.807) is 0 Å². The molecule has 2 unspecified atom stereocenters. The smallest absolute Gasteiger partial charge is 0.309 e. The molecular weight excluding hydrogens is 230 g/mol. The SMILES string of the molecule is CC1CCCCC1NC(=O)C(=O)NCCN(C)C. The van der Waals surface area contributed by atoms with Gasteiger partial charge in [-0.25, -0.2) is 0 Å². The molecule has 0 bridgehead atoms. The minimum atomic E-state index is -0.519. The molecule has 0 aromatic heterocycles. The quantitative estimate of drug-likeness (QED) is 0.713. The first-order valence-corrected chi connectivity index (χ1v) is 6.74. The van der Waals surface area contributed by atoms with E-state index in [9.17, 15) is 9.59 Å². The summed E-state index contributed by atoms with van der Waals surface area (Å²) >= 11 is 0. The van der Waals surface area contributed by atoms with Gasteiger partial charge < -0.3 is 15.5 Å². The fraction of sp³-hybridized carbons (Fsp3) is 0.846. The maximum atomic E-state index is 11.7. The summed E-state index contributed by atoms with van der Waals surface area (Å²) in [5.41, 5.74) is 0. The van der Waals surface area contributed by atoms with E-state index in [1.165, 1.54) is 6.42 Å². The third kappa shape index (κ3) is 5.04. The van der Waals surface area contributed by atoms with Crippen molar-refractivity contribution in [1.29, 1.82) is 0 Å². The molecule has 104 valence electrons. The first kappa shape index (κ1) is 15.0. The number of hydrogen-bond acceptors (Lipinski definition) is 3. The van der Waals surface area contributed by atoms with Gasteiger partial charge in [-0.05, 0) is 32.9 Å². The lowest BCUT2D eigenvalue weighted by atomic mass is 9.86. The van der Waals surface area contributed by atoms with Gasteiger partial charge in [-0.15, -0.1) is 0 Å². The van der Waals surface area contributed by atoms with Crippen LogP contribution in [0, 0.1) is 5.92 Å². The predicted molar refractivity (Wildman–Crippen MR) is 71.1 cm³/mol. The Labute approximate surface area is 109 Å². The summed E-state index contributed by atoms with van der Waals surface area (Å²) in [6, 6.07) is 0.158. The first-order chi connectivity index (χ1) is 8.50. The van der Waals surface area contributed by atoms with E-state index >= 15 is 0 Å². The molecule has 5 nitrogen and oxygen atoms in total. The molecule has 5 heteroatoms. The molecule has 0 aromatic rings. The summed E-state index contributed by atoms with van der Waals surface area (Å²) in [4.78, 5) is 25.2. The first-order valence-electron chi connectivity index (χ1n) is 6.74. The third-order valence-electron chi connectivity index (χ3n) is 3.48. The Hall–Kier alpha value is -1.10. The second kappa shape index (κ2) is 7.36. The molecule has 1 fully saturated rings. The van der Waals surface area contributed by atoms with Crippen LogP contribution in [0.1, 0.15) is 32.6 Å². The average molecular weight is 255 g/mol. The molecule has 1 aliphatic rings. The maximum absolute atomic E-state index is 11.7. The number of nitrogens with one attached hydrogen (secondary N) is 2. The largest absolute Gasteiger partial charge is 0.347 e. The maximum Gasteiger partial charge on any atom is 0.309 e. The van der Waals surface area contributed by atoms with Crippen LogP contribution in [0.4, 0.5) is 0 Å². The highest BCUT2D eigenvalue weighted by Crippen LogP contribution is 2.23. The summed E-state index contributed by atoms with van der Waals surface area (Å²) in [7, 11) is 3.85. The normalized spacial score (nSPS) is 23.8. The molecule has 0 spiro atoms. The van der Waals surface area contributed by atoms with Crippen molar-refractivity contribution in [2.75, 3.05) is 27.2 Å². The van der Waals surface area contributed by atoms with E-state index < -0.39 is 11.8 Å². The van der Waals surface area contributed by atoms with Crippen LogP contribution in [-0.2, 0) is 9.59 Å². The second-order valence-corrected chi connectivity index (χ2v) is 5.40. The molecule has 0 aliphatic heterocycles. The number of hydrogen-bond donors (Lipinski definition) is 2. The van der Waals surface area contributed by atoms with Crippen molar-refractivity contribution in [2.45, 2.75) is 38.6 Å². The van der Waals surface area contributed by atoms with Crippen molar-refractivity contribution < 1.29 is 9.59 Å². The molecule has 1 saturated carbocycles. The zero-order chi connectivity index (χ0) is 13.5. The van der Waals surface area contributed by atoms with E-state index in [0.29, 0.717) is 12.5 Å². The van der Waals surface area contributed by atoms with E-state index in [1.807, 2.05) is 19.0 Å². The summed E-state index contributed by atoms with van der Waals surface area (Å²) in [6.45, 7) is 3.37. The van der Waals surface area contributed by atoms with Crippen LogP contribution in [0.25, 0.3) is 0 Å². The molecule has 18 heavy (non-hydrogen) atoms. The van der Waals surface area contributed by atoms with Crippen LogP contribution in [0.3, 0.4) is 0 Å². The van der Waals surface area contributed by atoms with E-state index in [-0.39, 0.29) is 6.04 Å².